The normalized spacial score (nSPS) is 10.4. The second-order valence-electron chi connectivity index (χ2n) is 5.55. The van der Waals surface area contributed by atoms with Crippen LogP contribution in [0.15, 0.2) is 59.0 Å². The lowest BCUT2D eigenvalue weighted by Crippen LogP contribution is -2.12. The number of rotatable bonds is 6. The molecule has 6 heteroatoms. The highest BCUT2D eigenvalue weighted by Crippen LogP contribution is 2.17. The van der Waals surface area contributed by atoms with E-state index in [4.69, 9.17) is 4.42 Å². The Morgan fingerprint density at radius 3 is 2.40 bits per heavy atom. The van der Waals surface area contributed by atoms with Gasteiger partial charge in [-0.25, -0.2) is 0 Å². The zero-order valence-corrected chi connectivity index (χ0v) is 13.7. The number of nitrogens with one attached hydrogen (secondary N) is 1. The SMILES string of the molecule is CC(=O)c1ccc(NC(=O)CCc2nnc(-c3ccccc3)o2)cc1. The van der Waals surface area contributed by atoms with Crippen molar-refractivity contribution in [2.75, 3.05) is 5.32 Å². The van der Waals surface area contributed by atoms with Crippen molar-refractivity contribution in [1.29, 1.82) is 0 Å². The van der Waals surface area contributed by atoms with Gasteiger partial charge in [-0.2, -0.15) is 0 Å². The number of anilines is 1. The summed E-state index contributed by atoms with van der Waals surface area (Å²) in [4.78, 5) is 23.2. The highest BCUT2D eigenvalue weighted by atomic mass is 16.4. The third kappa shape index (κ3) is 4.38. The zero-order valence-electron chi connectivity index (χ0n) is 13.7. The number of hydrogen-bond donors (Lipinski definition) is 1. The molecule has 0 atom stereocenters. The van der Waals surface area contributed by atoms with Crippen LogP contribution in [0.25, 0.3) is 11.5 Å². The van der Waals surface area contributed by atoms with Crippen LogP contribution < -0.4 is 5.32 Å². The predicted octanol–water partition coefficient (Wildman–Crippen LogP) is 3.51. The van der Waals surface area contributed by atoms with E-state index in [1.807, 2.05) is 30.3 Å². The second-order valence-corrected chi connectivity index (χ2v) is 5.55. The molecule has 1 heterocycles. The van der Waals surface area contributed by atoms with Gasteiger partial charge in [0.05, 0.1) is 0 Å². The van der Waals surface area contributed by atoms with Gasteiger partial charge in [0, 0.05) is 29.7 Å². The van der Waals surface area contributed by atoms with E-state index >= 15 is 0 Å². The van der Waals surface area contributed by atoms with Gasteiger partial charge in [0.25, 0.3) is 0 Å². The standard InChI is InChI=1S/C19H17N3O3/c1-13(23)14-7-9-16(10-8-14)20-17(24)11-12-18-21-22-19(25-18)15-5-3-2-4-6-15/h2-10H,11-12H2,1H3,(H,20,24). The summed E-state index contributed by atoms with van der Waals surface area (Å²) < 4.78 is 5.57. The van der Waals surface area contributed by atoms with E-state index in [-0.39, 0.29) is 18.1 Å². The van der Waals surface area contributed by atoms with Crippen molar-refractivity contribution in [2.24, 2.45) is 0 Å². The van der Waals surface area contributed by atoms with Crippen LogP contribution in [-0.4, -0.2) is 21.9 Å². The van der Waals surface area contributed by atoms with Crippen LogP contribution >= 0.6 is 0 Å². The van der Waals surface area contributed by atoms with E-state index in [0.29, 0.717) is 29.5 Å². The lowest BCUT2D eigenvalue weighted by atomic mass is 10.1. The monoisotopic (exact) mass is 335 g/mol. The third-order valence-corrected chi connectivity index (χ3v) is 3.63. The van der Waals surface area contributed by atoms with Gasteiger partial charge in [-0.05, 0) is 43.3 Å². The van der Waals surface area contributed by atoms with Gasteiger partial charge in [0.1, 0.15) is 0 Å². The fourth-order valence-electron chi connectivity index (χ4n) is 2.28. The summed E-state index contributed by atoms with van der Waals surface area (Å²) in [7, 11) is 0. The van der Waals surface area contributed by atoms with Crippen LogP contribution in [0.1, 0.15) is 29.6 Å². The Morgan fingerprint density at radius 1 is 1.00 bits per heavy atom. The molecule has 0 spiro atoms. The first-order valence-electron chi connectivity index (χ1n) is 7.90. The first-order valence-corrected chi connectivity index (χ1v) is 7.90. The number of nitrogens with zero attached hydrogens (tertiary/aromatic N) is 2. The summed E-state index contributed by atoms with van der Waals surface area (Å²) in [5.74, 6) is 0.690. The van der Waals surface area contributed by atoms with Crippen LogP contribution in [0.2, 0.25) is 0 Å². The van der Waals surface area contributed by atoms with Crippen molar-refractivity contribution >= 4 is 17.4 Å². The summed E-state index contributed by atoms with van der Waals surface area (Å²) in [5.41, 5.74) is 2.10. The number of ketones is 1. The fraction of sp³-hybridized carbons (Fsp3) is 0.158. The highest BCUT2D eigenvalue weighted by Gasteiger charge is 2.10. The number of aromatic nitrogens is 2. The number of amides is 1. The molecule has 1 aromatic heterocycles. The Labute approximate surface area is 144 Å². The summed E-state index contributed by atoms with van der Waals surface area (Å²) in [5, 5.41) is 10.7. The molecule has 0 saturated carbocycles. The molecule has 126 valence electrons. The van der Waals surface area contributed by atoms with E-state index in [0.717, 1.165) is 5.56 Å². The number of benzene rings is 2. The molecule has 0 unspecified atom stereocenters. The highest BCUT2D eigenvalue weighted by molar-refractivity contribution is 5.95. The Hall–Kier alpha value is -3.28. The molecule has 3 rings (SSSR count). The largest absolute Gasteiger partial charge is 0.421 e. The molecule has 1 amide bonds. The molecule has 3 aromatic rings. The maximum absolute atomic E-state index is 12.0. The Morgan fingerprint density at radius 2 is 1.72 bits per heavy atom. The van der Waals surface area contributed by atoms with E-state index in [1.54, 1.807) is 24.3 Å². The molecule has 0 saturated heterocycles. The van der Waals surface area contributed by atoms with Gasteiger partial charge in [0.2, 0.25) is 17.7 Å². The molecule has 1 N–H and O–H groups in total. The van der Waals surface area contributed by atoms with Crippen molar-refractivity contribution in [1.82, 2.24) is 10.2 Å². The molecule has 0 aliphatic rings. The van der Waals surface area contributed by atoms with Crippen LogP contribution in [0.3, 0.4) is 0 Å². The average Bonchev–Trinajstić information content (AvgIpc) is 3.10. The Balaban J connectivity index is 1.54. The van der Waals surface area contributed by atoms with Crippen LogP contribution in [0.4, 0.5) is 5.69 Å². The maximum Gasteiger partial charge on any atom is 0.247 e. The molecule has 0 aliphatic heterocycles. The second kappa shape index (κ2) is 7.53. The molecule has 0 radical (unpaired) electrons. The molecular weight excluding hydrogens is 318 g/mol. The van der Waals surface area contributed by atoms with Gasteiger partial charge in [0.15, 0.2) is 5.78 Å². The quantitative estimate of drug-likeness (QED) is 0.697. The molecule has 0 aliphatic carbocycles. The molecule has 0 fully saturated rings. The number of aryl methyl sites for hydroxylation is 1. The number of carbonyl (C=O) groups excluding carboxylic acids is 2. The van der Waals surface area contributed by atoms with Gasteiger partial charge < -0.3 is 9.73 Å². The van der Waals surface area contributed by atoms with E-state index in [1.165, 1.54) is 6.92 Å². The average molecular weight is 335 g/mol. The van der Waals surface area contributed by atoms with Gasteiger partial charge >= 0.3 is 0 Å². The van der Waals surface area contributed by atoms with Gasteiger partial charge in [-0.1, -0.05) is 18.2 Å². The lowest BCUT2D eigenvalue weighted by Gasteiger charge is -2.04. The minimum Gasteiger partial charge on any atom is -0.421 e. The summed E-state index contributed by atoms with van der Waals surface area (Å²) in [6.07, 6.45) is 0.585. The number of hydrogen-bond acceptors (Lipinski definition) is 5. The summed E-state index contributed by atoms with van der Waals surface area (Å²) >= 11 is 0. The smallest absolute Gasteiger partial charge is 0.247 e. The molecule has 0 bridgehead atoms. The number of carbonyl (C=O) groups is 2. The van der Waals surface area contributed by atoms with Crippen LogP contribution in [0.5, 0.6) is 0 Å². The topological polar surface area (TPSA) is 85.1 Å². The van der Waals surface area contributed by atoms with Crippen molar-refractivity contribution < 1.29 is 14.0 Å². The van der Waals surface area contributed by atoms with Gasteiger partial charge in [-0.3, -0.25) is 9.59 Å². The first kappa shape index (κ1) is 16.6. The molecule has 25 heavy (non-hydrogen) atoms. The zero-order chi connectivity index (χ0) is 17.6. The summed E-state index contributed by atoms with van der Waals surface area (Å²) in [6.45, 7) is 1.50. The fourth-order valence-corrected chi connectivity index (χ4v) is 2.28. The van der Waals surface area contributed by atoms with Crippen LogP contribution in [0, 0.1) is 0 Å². The van der Waals surface area contributed by atoms with Crippen molar-refractivity contribution in [3.63, 3.8) is 0 Å². The van der Waals surface area contributed by atoms with E-state index in [9.17, 15) is 9.59 Å². The van der Waals surface area contributed by atoms with Crippen LogP contribution in [-0.2, 0) is 11.2 Å². The number of Topliss-reactive ketones (excluding diaryl/α,β-unsaturated/α-hetero) is 1. The lowest BCUT2D eigenvalue weighted by molar-refractivity contribution is -0.116. The van der Waals surface area contributed by atoms with Crippen molar-refractivity contribution in [2.45, 2.75) is 19.8 Å². The minimum absolute atomic E-state index is 0.0107. The molecule has 2 aromatic carbocycles. The minimum atomic E-state index is -0.157. The Bertz CT molecular complexity index is 870. The first-order chi connectivity index (χ1) is 12.1. The molecule has 6 nitrogen and oxygen atoms in total. The molecular formula is C19H17N3O3. The summed E-state index contributed by atoms with van der Waals surface area (Å²) in [6, 6.07) is 16.2. The van der Waals surface area contributed by atoms with Crippen molar-refractivity contribution in [3.05, 3.63) is 66.1 Å². The third-order valence-electron chi connectivity index (χ3n) is 3.63. The Kier molecular flexibility index (Phi) is 4.99. The van der Waals surface area contributed by atoms with E-state index in [2.05, 4.69) is 15.5 Å². The van der Waals surface area contributed by atoms with E-state index < -0.39 is 0 Å². The predicted molar refractivity (Wildman–Crippen MR) is 93.1 cm³/mol. The maximum atomic E-state index is 12.0. The van der Waals surface area contributed by atoms with Crippen molar-refractivity contribution in [3.8, 4) is 11.5 Å². The van der Waals surface area contributed by atoms with Gasteiger partial charge in [-0.15, -0.1) is 10.2 Å².